The molecule has 1 atom stereocenters. The van der Waals surface area contributed by atoms with E-state index in [9.17, 15) is 26.7 Å². The summed E-state index contributed by atoms with van der Waals surface area (Å²) in [6.07, 6.45) is -4.13. The maximum Gasteiger partial charge on any atom is 0.389 e. The first kappa shape index (κ1) is 26.4. The molecule has 0 aliphatic heterocycles. The van der Waals surface area contributed by atoms with Crippen molar-refractivity contribution in [2.24, 2.45) is 5.73 Å². The van der Waals surface area contributed by atoms with E-state index in [1.165, 1.54) is 24.3 Å². The maximum absolute atomic E-state index is 14.4. The highest BCUT2D eigenvalue weighted by atomic mass is 19.4. The first-order valence-corrected chi connectivity index (χ1v) is 10.9. The molecule has 0 saturated carbocycles. The van der Waals surface area contributed by atoms with Crippen molar-refractivity contribution in [2.45, 2.75) is 58.9 Å². The van der Waals surface area contributed by atoms with Crippen LogP contribution in [0.5, 0.6) is 5.75 Å². The third-order valence-corrected chi connectivity index (χ3v) is 5.60. The summed E-state index contributed by atoms with van der Waals surface area (Å²) in [5.74, 6) is -1.82. The summed E-state index contributed by atoms with van der Waals surface area (Å²) in [4.78, 5) is 17.3. The number of ether oxygens (including phenoxy) is 1. The fourth-order valence-corrected chi connectivity index (χ4v) is 3.62. The van der Waals surface area contributed by atoms with Gasteiger partial charge in [-0.3, -0.25) is 9.20 Å². The molecule has 2 aromatic heterocycles. The molecule has 0 bridgehead atoms. The Bertz CT molecular complexity index is 1250. The lowest BCUT2D eigenvalue weighted by Gasteiger charge is -2.25. The van der Waals surface area contributed by atoms with E-state index < -0.39 is 42.3 Å². The number of pyridine rings is 1. The molecule has 0 radical (unpaired) electrons. The Morgan fingerprint density at radius 3 is 2.51 bits per heavy atom. The quantitative estimate of drug-likeness (QED) is 0.433. The van der Waals surface area contributed by atoms with Gasteiger partial charge in [-0.25, -0.2) is 13.8 Å². The summed E-state index contributed by atoms with van der Waals surface area (Å²) in [5, 5.41) is 2.58. The van der Waals surface area contributed by atoms with E-state index in [2.05, 4.69) is 10.3 Å². The molecule has 0 spiro atoms. The van der Waals surface area contributed by atoms with E-state index in [-0.39, 0.29) is 41.2 Å². The normalized spacial score (nSPS) is 13.7. The van der Waals surface area contributed by atoms with Crippen molar-refractivity contribution in [3.8, 4) is 5.75 Å². The van der Waals surface area contributed by atoms with Gasteiger partial charge < -0.3 is 15.8 Å². The lowest BCUT2D eigenvalue weighted by molar-refractivity contribution is -0.137. The summed E-state index contributed by atoms with van der Waals surface area (Å²) < 4.78 is 73.3. The van der Waals surface area contributed by atoms with Crippen LogP contribution in [0.4, 0.5) is 22.0 Å². The number of aryl methyl sites for hydroxylation is 3. The molecular formula is C24H27F5N4O2. The molecular weight excluding hydrogens is 471 g/mol. The van der Waals surface area contributed by atoms with E-state index in [4.69, 9.17) is 10.5 Å². The van der Waals surface area contributed by atoms with Crippen molar-refractivity contribution < 1.29 is 31.5 Å². The molecule has 0 saturated heterocycles. The number of halogens is 5. The fourth-order valence-electron chi connectivity index (χ4n) is 3.62. The topological polar surface area (TPSA) is 81.6 Å². The van der Waals surface area contributed by atoms with Gasteiger partial charge in [0.2, 0.25) is 0 Å². The minimum absolute atomic E-state index is 0.146. The zero-order chi connectivity index (χ0) is 26.1. The third kappa shape index (κ3) is 6.27. The standard InChI is InChI=1S/C24H27F5N4O2/c1-13-9-18(35-11-16-17(25)6-5-14(2)19(16)26)21-32-15(3)20(33(21)10-13)22(34)31-12-23(4,30)7-8-24(27,28)29/h5-6,9-10H,7-8,11-12,30H2,1-4H3,(H,31,34). The number of aromatic nitrogens is 2. The monoisotopic (exact) mass is 498 g/mol. The van der Waals surface area contributed by atoms with Crippen LogP contribution < -0.4 is 15.8 Å². The number of imidazole rings is 1. The van der Waals surface area contributed by atoms with Gasteiger partial charge in [-0.2, -0.15) is 13.2 Å². The van der Waals surface area contributed by atoms with Crippen LogP contribution in [0.3, 0.4) is 0 Å². The molecule has 2 heterocycles. The molecule has 1 aromatic carbocycles. The second kappa shape index (κ2) is 9.80. The van der Waals surface area contributed by atoms with Crippen molar-refractivity contribution in [3.05, 3.63) is 64.1 Å². The van der Waals surface area contributed by atoms with Crippen molar-refractivity contribution in [1.82, 2.24) is 14.7 Å². The van der Waals surface area contributed by atoms with Gasteiger partial charge in [0, 0.05) is 24.7 Å². The minimum Gasteiger partial charge on any atom is -0.485 e. The Hall–Kier alpha value is -3.21. The van der Waals surface area contributed by atoms with Crippen LogP contribution in [0, 0.1) is 32.4 Å². The van der Waals surface area contributed by atoms with Gasteiger partial charge in [0.15, 0.2) is 11.4 Å². The van der Waals surface area contributed by atoms with E-state index >= 15 is 0 Å². The molecule has 3 aromatic rings. The van der Waals surface area contributed by atoms with Crippen LogP contribution in [0.1, 0.15) is 52.6 Å². The summed E-state index contributed by atoms with van der Waals surface area (Å²) >= 11 is 0. The highest BCUT2D eigenvalue weighted by molar-refractivity contribution is 5.95. The largest absolute Gasteiger partial charge is 0.485 e. The number of carbonyl (C=O) groups excluding carboxylic acids is 1. The smallest absolute Gasteiger partial charge is 0.389 e. The van der Waals surface area contributed by atoms with E-state index in [1.807, 2.05) is 0 Å². The minimum atomic E-state index is -4.35. The molecule has 6 nitrogen and oxygen atoms in total. The average Bonchev–Trinajstić information content (AvgIpc) is 3.08. The molecule has 0 aliphatic carbocycles. The summed E-state index contributed by atoms with van der Waals surface area (Å²) in [7, 11) is 0. The predicted molar refractivity (Wildman–Crippen MR) is 120 cm³/mol. The maximum atomic E-state index is 14.4. The van der Waals surface area contributed by atoms with Crippen LogP contribution in [-0.2, 0) is 6.61 Å². The average molecular weight is 498 g/mol. The van der Waals surface area contributed by atoms with Crippen molar-refractivity contribution in [1.29, 1.82) is 0 Å². The Labute approximate surface area is 199 Å². The van der Waals surface area contributed by atoms with Crippen LogP contribution in [0.2, 0.25) is 0 Å². The van der Waals surface area contributed by atoms with Gasteiger partial charge in [0.1, 0.15) is 23.9 Å². The fraction of sp³-hybridized carbons (Fsp3) is 0.417. The number of hydrogen-bond donors (Lipinski definition) is 2. The molecule has 0 aliphatic rings. The number of fused-ring (bicyclic) bond motifs is 1. The van der Waals surface area contributed by atoms with Crippen molar-refractivity contribution in [2.75, 3.05) is 6.54 Å². The van der Waals surface area contributed by atoms with E-state index in [0.717, 1.165) is 6.07 Å². The van der Waals surface area contributed by atoms with E-state index in [0.29, 0.717) is 11.3 Å². The molecule has 3 rings (SSSR count). The van der Waals surface area contributed by atoms with Crippen LogP contribution >= 0.6 is 0 Å². The van der Waals surface area contributed by atoms with Crippen molar-refractivity contribution in [3.63, 3.8) is 0 Å². The molecule has 35 heavy (non-hydrogen) atoms. The SMILES string of the molecule is Cc1cc(OCc2c(F)ccc(C)c2F)c2nc(C)c(C(=O)NCC(C)(N)CCC(F)(F)F)n2c1. The summed E-state index contributed by atoms with van der Waals surface area (Å²) in [5.41, 5.74) is 6.12. The van der Waals surface area contributed by atoms with Crippen LogP contribution in [-0.4, -0.2) is 33.6 Å². The molecule has 1 amide bonds. The molecule has 3 N–H and O–H groups in total. The number of hydrogen-bond acceptors (Lipinski definition) is 4. The lowest BCUT2D eigenvalue weighted by atomic mass is 9.97. The Balaban J connectivity index is 1.84. The van der Waals surface area contributed by atoms with Gasteiger partial charge in [-0.1, -0.05) is 6.07 Å². The number of amides is 1. The zero-order valence-electron chi connectivity index (χ0n) is 19.8. The van der Waals surface area contributed by atoms with Crippen molar-refractivity contribution >= 4 is 11.6 Å². The number of alkyl halides is 3. The number of nitrogens with one attached hydrogen (secondary N) is 1. The second-order valence-electron chi connectivity index (χ2n) is 9.02. The highest BCUT2D eigenvalue weighted by Gasteiger charge is 2.32. The van der Waals surface area contributed by atoms with Gasteiger partial charge in [-0.05, 0) is 57.4 Å². The van der Waals surface area contributed by atoms with Crippen LogP contribution in [0.15, 0.2) is 24.4 Å². The van der Waals surface area contributed by atoms with E-state index in [1.54, 1.807) is 26.1 Å². The summed E-state index contributed by atoms with van der Waals surface area (Å²) in [6.45, 7) is 5.70. The predicted octanol–water partition coefficient (Wildman–Crippen LogP) is 4.91. The lowest BCUT2D eigenvalue weighted by Crippen LogP contribution is -2.48. The van der Waals surface area contributed by atoms with Crippen LogP contribution in [0.25, 0.3) is 5.65 Å². The Kier molecular flexibility index (Phi) is 7.39. The van der Waals surface area contributed by atoms with Gasteiger partial charge in [0.25, 0.3) is 5.91 Å². The summed E-state index contributed by atoms with van der Waals surface area (Å²) in [6, 6.07) is 4.12. The second-order valence-corrected chi connectivity index (χ2v) is 9.02. The number of benzene rings is 1. The first-order valence-electron chi connectivity index (χ1n) is 10.9. The number of nitrogens with two attached hydrogens (primary N) is 1. The number of nitrogens with zero attached hydrogens (tertiary/aromatic N) is 2. The number of rotatable bonds is 8. The third-order valence-electron chi connectivity index (χ3n) is 5.60. The molecule has 0 fully saturated rings. The van der Waals surface area contributed by atoms with Gasteiger partial charge in [0.05, 0.1) is 11.3 Å². The first-order chi connectivity index (χ1) is 16.2. The Morgan fingerprint density at radius 2 is 1.86 bits per heavy atom. The molecule has 1 unspecified atom stereocenters. The Morgan fingerprint density at radius 1 is 1.17 bits per heavy atom. The highest BCUT2D eigenvalue weighted by Crippen LogP contribution is 2.27. The van der Waals surface area contributed by atoms with Gasteiger partial charge in [-0.15, -0.1) is 0 Å². The molecule has 190 valence electrons. The zero-order valence-corrected chi connectivity index (χ0v) is 19.8. The molecule has 11 heteroatoms. The number of carbonyl (C=O) groups is 1. The van der Waals surface area contributed by atoms with Gasteiger partial charge >= 0.3 is 6.18 Å².